The van der Waals surface area contributed by atoms with Gasteiger partial charge >= 0.3 is 0 Å². The van der Waals surface area contributed by atoms with Crippen LogP contribution in [0, 0.1) is 0 Å². The van der Waals surface area contributed by atoms with Crippen molar-refractivity contribution in [3.63, 3.8) is 0 Å². The zero-order chi connectivity index (χ0) is 14.8. The molecule has 0 spiro atoms. The van der Waals surface area contributed by atoms with Gasteiger partial charge in [-0.25, -0.2) is 5.43 Å². The maximum atomic E-state index is 12.0. The van der Waals surface area contributed by atoms with E-state index in [1.165, 1.54) is 0 Å². The molecule has 1 aromatic rings. The first-order valence-corrected chi connectivity index (χ1v) is 7.70. The minimum Gasteiger partial charge on any atom is -0.481 e. The predicted octanol–water partition coefficient (Wildman–Crippen LogP) is 3.90. The number of nitrogens with one attached hydrogen (secondary N) is 1. The van der Waals surface area contributed by atoms with Crippen molar-refractivity contribution in [2.75, 3.05) is 0 Å². The van der Waals surface area contributed by atoms with Gasteiger partial charge < -0.3 is 4.74 Å². The summed E-state index contributed by atoms with van der Waals surface area (Å²) in [6.07, 6.45) is 4.58. The highest BCUT2D eigenvalue weighted by Gasteiger charge is 2.18. The van der Waals surface area contributed by atoms with E-state index in [2.05, 4.69) is 33.4 Å². The summed E-state index contributed by atoms with van der Waals surface area (Å²) in [6, 6.07) is 7.44. The number of halogens is 1. The lowest BCUT2D eigenvalue weighted by atomic mass is 10.2. The smallest absolute Gasteiger partial charge is 0.281 e. The van der Waals surface area contributed by atoms with E-state index in [9.17, 15) is 4.79 Å². The molecular formula is C15H21BrN2O2. The van der Waals surface area contributed by atoms with Crippen molar-refractivity contribution in [3.05, 3.63) is 28.7 Å². The molecule has 1 unspecified atom stereocenters. The van der Waals surface area contributed by atoms with Crippen molar-refractivity contribution in [1.29, 1.82) is 0 Å². The normalized spacial score (nSPS) is 12.3. The van der Waals surface area contributed by atoms with E-state index in [-0.39, 0.29) is 5.91 Å². The minimum atomic E-state index is -0.514. The van der Waals surface area contributed by atoms with Crippen LogP contribution in [0.1, 0.15) is 39.5 Å². The molecule has 0 aliphatic heterocycles. The van der Waals surface area contributed by atoms with E-state index in [0.29, 0.717) is 12.2 Å². The van der Waals surface area contributed by atoms with Gasteiger partial charge in [0.05, 0.1) is 0 Å². The van der Waals surface area contributed by atoms with Gasteiger partial charge in [-0.05, 0) is 37.1 Å². The molecule has 20 heavy (non-hydrogen) atoms. The second kappa shape index (κ2) is 9.53. The second-order valence-electron chi connectivity index (χ2n) is 4.43. The average molecular weight is 341 g/mol. The van der Waals surface area contributed by atoms with Crippen LogP contribution in [0.25, 0.3) is 0 Å². The zero-order valence-electron chi connectivity index (χ0n) is 11.9. The van der Waals surface area contributed by atoms with Crippen LogP contribution in [0.5, 0.6) is 5.75 Å². The van der Waals surface area contributed by atoms with Crippen LogP contribution < -0.4 is 10.2 Å². The first-order chi connectivity index (χ1) is 9.67. The number of benzene rings is 1. The molecule has 5 heteroatoms. The molecule has 1 aromatic carbocycles. The highest BCUT2D eigenvalue weighted by atomic mass is 79.9. The summed E-state index contributed by atoms with van der Waals surface area (Å²) in [5.74, 6) is 0.474. The van der Waals surface area contributed by atoms with Crippen molar-refractivity contribution >= 4 is 28.1 Å². The summed E-state index contributed by atoms with van der Waals surface area (Å²) in [4.78, 5) is 12.0. The molecule has 0 heterocycles. The lowest BCUT2D eigenvalue weighted by Crippen LogP contribution is -2.35. The van der Waals surface area contributed by atoms with Crippen LogP contribution in [0.3, 0.4) is 0 Å². The zero-order valence-corrected chi connectivity index (χ0v) is 13.5. The number of amides is 1. The molecule has 0 fully saturated rings. The third kappa shape index (κ3) is 6.19. The Bertz CT molecular complexity index is 432. The number of unbranched alkanes of at least 4 members (excludes halogenated alkanes) is 1. The van der Waals surface area contributed by atoms with Gasteiger partial charge in [-0.1, -0.05) is 42.6 Å². The Morgan fingerprint density at radius 2 is 2.05 bits per heavy atom. The average Bonchev–Trinajstić information content (AvgIpc) is 2.45. The van der Waals surface area contributed by atoms with E-state index in [0.717, 1.165) is 23.7 Å². The number of rotatable bonds is 8. The van der Waals surface area contributed by atoms with Crippen molar-refractivity contribution < 1.29 is 9.53 Å². The molecule has 0 aliphatic rings. The molecule has 1 N–H and O–H groups in total. The van der Waals surface area contributed by atoms with Crippen LogP contribution in [0.15, 0.2) is 33.8 Å². The standard InChI is InChI=1S/C15H21BrN2O2/c1-3-5-11-17-18-15(19)14(6-4-2)20-13-9-7-12(16)8-10-13/h7-11,14H,3-6H2,1-2H3,(H,18,19). The number of carbonyl (C=O) groups excluding carboxylic acids is 1. The quantitative estimate of drug-likeness (QED) is 0.576. The van der Waals surface area contributed by atoms with E-state index in [1.54, 1.807) is 6.21 Å². The van der Waals surface area contributed by atoms with Gasteiger partial charge in [0.2, 0.25) is 0 Å². The molecule has 110 valence electrons. The van der Waals surface area contributed by atoms with E-state index >= 15 is 0 Å². The number of carbonyl (C=O) groups is 1. The molecule has 0 radical (unpaired) electrons. The first kappa shape index (κ1) is 16.7. The summed E-state index contributed by atoms with van der Waals surface area (Å²) in [7, 11) is 0. The summed E-state index contributed by atoms with van der Waals surface area (Å²) in [5, 5.41) is 3.91. The van der Waals surface area contributed by atoms with Crippen molar-refractivity contribution in [1.82, 2.24) is 5.43 Å². The lowest BCUT2D eigenvalue weighted by Gasteiger charge is -2.16. The summed E-state index contributed by atoms with van der Waals surface area (Å²) in [5.41, 5.74) is 2.53. The topological polar surface area (TPSA) is 50.7 Å². The highest BCUT2D eigenvalue weighted by molar-refractivity contribution is 9.10. The van der Waals surface area contributed by atoms with E-state index in [1.807, 2.05) is 31.2 Å². The third-order valence-corrected chi connectivity index (χ3v) is 3.15. The van der Waals surface area contributed by atoms with Crippen LogP contribution in [-0.4, -0.2) is 18.2 Å². The number of hydrogen-bond acceptors (Lipinski definition) is 3. The Hall–Kier alpha value is -1.36. The Kier molecular flexibility index (Phi) is 7.95. The fraction of sp³-hybridized carbons (Fsp3) is 0.467. The fourth-order valence-corrected chi connectivity index (χ4v) is 1.82. The monoisotopic (exact) mass is 340 g/mol. The molecule has 0 saturated heterocycles. The summed E-state index contributed by atoms with van der Waals surface area (Å²) < 4.78 is 6.70. The molecular weight excluding hydrogens is 320 g/mol. The van der Waals surface area contributed by atoms with Crippen LogP contribution in [-0.2, 0) is 4.79 Å². The Morgan fingerprint density at radius 1 is 1.35 bits per heavy atom. The van der Waals surface area contributed by atoms with Gasteiger partial charge in [-0.2, -0.15) is 5.10 Å². The van der Waals surface area contributed by atoms with Gasteiger partial charge in [0, 0.05) is 10.7 Å². The van der Waals surface area contributed by atoms with Gasteiger partial charge in [0.25, 0.3) is 5.91 Å². The maximum Gasteiger partial charge on any atom is 0.281 e. The van der Waals surface area contributed by atoms with E-state index < -0.39 is 6.10 Å². The maximum absolute atomic E-state index is 12.0. The minimum absolute atomic E-state index is 0.206. The van der Waals surface area contributed by atoms with Crippen molar-refractivity contribution in [2.24, 2.45) is 5.10 Å². The second-order valence-corrected chi connectivity index (χ2v) is 5.34. The molecule has 0 saturated carbocycles. The fourth-order valence-electron chi connectivity index (χ4n) is 1.56. The van der Waals surface area contributed by atoms with Crippen molar-refractivity contribution in [3.8, 4) is 5.75 Å². The summed E-state index contributed by atoms with van der Waals surface area (Å²) in [6.45, 7) is 4.08. The molecule has 1 atom stereocenters. The first-order valence-electron chi connectivity index (χ1n) is 6.91. The predicted molar refractivity (Wildman–Crippen MR) is 85.0 cm³/mol. The summed E-state index contributed by atoms with van der Waals surface area (Å²) >= 11 is 3.37. The molecule has 1 rings (SSSR count). The lowest BCUT2D eigenvalue weighted by molar-refractivity contribution is -0.128. The number of hydrazone groups is 1. The van der Waals surface area contributed by atoms with Gasteiger partial charge in [0.15, 0.2) is 6.10 Å². The van der Waals surface area contributed by atoms with E-state index in [4.69, 9.17) is 4.74 Å². The number of ether oxygens (including phenoxy) is 1. The Labute approximate surface area is 128 Å². The molecule has 0 aromatic heterocycles. The van der Waals surface area contributed by atoms with Gasteiger partial charge in [0.1, 0.15) is 5.75 Å². The largest absolute Gasteiger partial charge is 0.481 e. The SMILES string of the molecule is CCCC=NNC(=O)C(CCC)Oc1ccc(Br)cc1. The van der Waals surface area contributed by atoms with Crippen molar-refractivity contribution in [2.45, 2.75) is 45.6 Å². The Balaban J connectivity index is 2.58. The number of nitrogens with zero attached hydrogens (tertiary/aromatic N) is 1. The molecule has 1 amide bonds. The third-order valence-electron chi connectivity index (χ3n) is 2.62. The van der Waals surface area contributed by atoms with Gasteiger partial charge in [-0.15, -0.1) is 0 Å². The number of hydrogen-bond donors (Lipinski definition) is 1. The highest BCUT2D eigenvalue weighted by Crippen LogP contribution is 2.18. The molecule has 0 aliphatic carbocycles. The van der Waals surface area contributed by atoms with Crippen LogP contribution in [0.4, 0.5) is 0 Å². The molecule has 0 bridgehead atoms. The molecule has 4 nitrogen and oxygen atoms in total. The Morgan fingerprint density at radius 3 is 2.65 bits per heavy atom. The van der Waals surface area contributed by atoms with Gasteiger partial charge in [-0.3, -0.25) is 4.79 Å². The van der Waals surface area contributed by atoms with Crippen LogP contribution >= 0.6 is 15.9 Å². The van der Waals surface area contributed by atoms with Crippen LogP contribution in [0.2, 0.25) is 0 Å².